The van der Waals surface area contributed by atoms with Crippen molar-refractivity contribution in [2.24, 2.45) is 11.5 Å². The van der Waals surface area contributed by atoms with Gasteiger partial charge in [0.15, 0.2) is 0 Å². The first-order valence-corrected chi connectivity index (χ1v) is 5.36. The molecule has 1 atom stereocenters. The number of benzene rings is 1. The van der Waals surface area contributed by atoms with Gasteiger partial charge in [0.25, 0.3) is 0 Å². The van der Waals surface area contributed by atoms with E-state index in [1.54, 1.807) is 6.07 Å². The van der Waals surface area contributed by atoms with E-state index in [4.69, 9.17) is 23.1 Å². The molecule has 0 aliphatic carbocycles. The van der Waals surface area contributed by atoms with Gasteiger partial charge in [0.2, 0.25) is 0 Å². The molecule has 0 amide bonds. The highest BCUT2D eigenvalue weighted by molar-refractivity contribution is 6.32. The minimum Gasteiger partial charge on any atom is -0.330 e. The Morgan fingerprint density at radius 3 is 2.62 bits per heavy atom. The number of halogens is 3. The summed E-state index contributed by atoms with van der Waals surface area (Å²) >= 11 is 6.02. The zero-order valence-electron chi connectivity index (χ0n) is 9.17. The minimum atomic E-state index is -0.374. The van der Waals surface area contributed by atoms with Gasteiger partial charge in [-0.1, -0.05) is 17.7 Å². The largest absolute Gasteiger partial charge is 0.330 e. The molecular weight excluding hydrogens is 250 g/mol. The predicted octanol–water partition coefficient (Wildman–Crippen LogP) is 2.95. The number of hydrogen-bond acceptors (Lipinski definition) is 2. The molecule has 0 saturated carbocycles. The van der Waals surface area contributed by atoms with Crippen LogP contribution in [0, 0.1) is 12.7 Å². The van der Waals surface area contributed by atoms with Crippen molar-refractivity contribution in [3.63, 3.8) is 0 Å². The third-order valence-electron chi connectivity index (χ3n) is 2.41. The molecule has 0 aliphatic rings. The van der Waals surface area contributed by atoms with Crippen LogP contribution in [0.3, 0.4) is 0 Å². The van der Waals surface area contributed by atoms with Gasteiger partial charge in [-0.05, 0) is 37.9 Å². The Labute approximate surface area is 107 Å². The monoisotopic (exact) mass is 266 g/mol. The molecule has 92 valence electrons. The van der Waals surface area contributed by atoms with Crippen LogP contribution in [0.15, 0.2) is 12.1 Å². The van der Waals surface area contributed by atoms with Crippen LogP contribution in [-0.4, -0.2) is 6.54 Å². The van der Waals surface area contributed by atoms with Crippen molar-refractivity contribution in [1.82, 2.24) is 0 Å². The second-order valence-electron chi connectivity index (χ2n) is 3.63. The summed E-state index contributed by atoms with van der Waals surface area (Å²) in [6.45, 7) is 2.39. The summed E-state index contributed by atoms with van der Waals surface area (Å²) in [6.07, 6.45) is 1.42. The zero-order chi connectivity index (χ0) is 11.4. The number of aryl methyl sites for hydroxylation is 1. The summed E-state index contributed by atoms with van der Waals surface area (Å²) in [5.41, 5.74) is 12.5. The fraction of sp³-hybridized carbons (Fsp3) is 0.455. The first-order valence-electron chi connectivity index (χ1n) is 4.98. The Morgan fingerprint density at radius 2 is 2.06 bits per heavy atom. The van der Waals surface area contributed by atoms with E-state index in [1.807, 2.05) is 6.92 Å². The highest BCUT2D eigenvalue weighted by atomic mass is 35.5. The lowest BCUT2D eigenvalue weighted by molar-refractivity contribution is 0.553. The van der Waals surface area contributed by atoms with Gasteiger partial charge in [0.05, 0.1) is 5.02 Å². The third-order valence-corrected chi connectivity index (χ3v) is 2.91. The first-order chi connectivity index (χ1) is 7.07. The normalized spacial score (nSPS) is 12.1. The zero-order valence-corrected chi connectivity index (χ0v) is 10.7. The molecule has 0 aliphatic heterocycles. The SMILES string of the molecule is Cc1ccc(F)c([C@@H](N)CCCN)c1Cl.Cl. The first kappa shape index (κ1) is 15.7. The third kappa shape index (κ3) is 3.59. The summed E-state index contributed by atoms with van der Waals surface area (Å²) < 4.78 is 13.5. The molecule has 0 unspecified atom stereocenters. The predicted molar refractivity (Wildman–Crippen MR) is 68.6 cm³/mol. The van der Waals surface area contributed by atoms with Gasteiger partial charge >= 0.3 is 0 Å². The molecule has 0 spiro atoms. The molecule has 0 heterocycles. The van der Waals surface area contributed by atoms with Gasteiger partial charge in [-0.15, -0.1) is 12.4 Å². The Morgan fingerprint density at radius 1 is 1.44 bits per heavy atom. The molecule has 1 aromatic carbocycles. The van der Waals surface area contributed by atoms with E-state index < -0.39 is 0 Å². The lowest BCUT2D eigenvalue weighted by Gasteiger charge is -2.15. The summed E-state index contributed by atoms with van der Waals surface area (Å²) in [4.78, 5) is 0. The van der Waals surface area contributed by atoms with Crippen molar-refractivity contribution < 1.29 is 4.39 Å². The van der Waals surface area contributed by atoms with Gasteiger partial charge < -0.3 is 11.5 Å². The van der Waals surface area contributed by atoms with Gasteiger partial charge in [-0.2, -0.15) is 0 Å². The highest BCUT2D eigenvalue weighted by Gasteiger charge is 2.16. The van der Waals surface area contributed by atoms with E-state index in [9.17, 15) is 4.39 Å². The molecular formula is C11H17Cl2FN2. The van der Waals surface area contributed by atoms with E-state index >= 15 is 0 Å². The summed E-state index contributed by atoms with van der Waals surface area (Å²) in [6, 6.07) is 2.68. The second kappa shape index (κ2) is 7.07. The molecule has 1 aromatic rings. The molecule has 5 heteroatoms. The molecule has 0 radical (unpaired) electrons. The second-order valence-corrected chi connectivity index (χ2v) is 4.01. The Kier molecular flexibility index (Phi) is 6.91. The average Bonchev–Trinajstić information content (AvgIpc) is 2.21. The van der Waals surface area contributed by atoms with Crippen molar-refractivity contribution in [3.05, 3.63) is 34.1 Å². The quantitative estimate of drug-likeness (QED) is 0.881. The maximum Gasteiger partial charge on any atom is 0.129 e. The smallest absolute Gasteiger partial charge is 0.129 e. The number of rotatable bonds is 4. The molecule has 1 rings (SSSR count). The van der Waals surface area contributed by atoms with E-state index in [1.165, 1.54) is 6.07 Å². The molecule has 0 fully saturated rings. The van der Waals surface area contributed by atoms with Crippen LogP contribution in [0.25, 0.3) is 0 Å². The van der Waals surface area contributed by atoms with Crippen LogP contribution < -0.4 is 11.5 Å². The van der Waals surface area contributed by atoms with Crippen LogP contribution in [0.2, 0.25) is 5.02 Å². The average molecular weight is 267 g/mol. The fourth-order valence-electron chi connectivity index (χ4n) is 1.50. The summed E-state index contributed by atoms with van der Waals surface area (Å²) in [5.74, 6) is -0.338. The topological polar surface area (TPSA) is 52.0 Å². The van der Waals surface area contributed by atoms with Crippen molar-refractivity contribution in [2.75, 3.05) is 6.54 Å². The lowest BCUT2D eigenvalue weighted by Crippen LogP contribution is -2.15. The molecule has 2 nitrogen and oxygen atoms in total. The van der Waals surface area contributed by atoms with Crippen molar-refractivity contribution >= 4 is 24.0 Å². The van der Waals surface area contributed by atoms with Crippen molar-refractivity contribution in [2.45, 2.75) is 25.8 Å². The van der Waals surface area contributed by atoms with Gasteiger partial charge in [0.1, 0.15) is 5.82 Å². The van der Waals surface area contributed by atoms with Crippen LogP contribution in [0.4, 0.5) is 4.39 Å². The van der Waals surface area contributed by atoms with E-state index in [-0.39, 0.29) is 24.3 Å². The van der Waals surface area contributed by atoms with Crippen LogP contribution in [0.1, 0.15) is 30.0 Å². The lowest BCUT2D eigenvalue weighted by atomic mass is 10.00. The van der Waals surface area contributed by atoms with E-state index in [0.29, 0.717) is 23.6 Å². The summed E-state index contributed by atoms with van der Waals surface area (Å²) in [7, 11) is 0. The molecule has 4 N–H and O–H groups in total. The Hall–Kier alpha value is -0.350. The van der Waals surface area contributed by atoms with Gasteiger partial charge in [-0.25, -0.2) is 4.39 Å². The van der Waals surface area contributed by atoms with Crippen molar-refractivity contribution in [3.8, 4) is 0 Å². The molecule has 0 bridgehead atoms. The number of hydrogen-bond donors (Lipinski definition) is 2. The Balaban J connectivity index is 0.00000225. The maximum atomic E-state index is 13.5. The highest BCUT2D eigenvalue weighted by Crippen LogP contribution is 2.29. The Bertz CT molecular complexity index is 345. The number of nitrogens with two attached hydrogens (primary N) is 2. The van der Waals surface area contributed by atoms with Crippen LogP contribution in [0.5, 0.6) is 0 Å². The molecule has 16 heavy (non-hydrogen) atoms. The standard InChI is InChI=1S/C11H16ClFN2.ClH/c1-7-4-5-8(13)10(11(7)12)9(15)3-2-6-14;/h4-5,9H,2-3,6,14-15H2,1H3;1H/t9-;/m0./s1. The van der Waals surface area contributed by atoms with Crippen LogP contribution in [-0.2, 0) is 0 Å². The maximum absolute atomic E-state index is 13.5. The fourth-order valence-corrected chi connectivity index (χ4v) is 1.79. The van der Waals surface area contributed by atoms with Gasteiger partial charge in [0, 0.05) is 11.6 Å². The van der Waals surface area contributed by atoms with Gasteiger partial charge in [-0.3, -0.25) is 0 Å². The minimum absolute atomic E-state index is 0. The van der Waals surface area contributed by atoms with E-state index in [2.05, 4.69) is 0 Å². The van der Waals surface area contributed by atoms with Crippen molar-refractivity contribution in [1.29, 1.82) is 0 Å². The van der Waals surface area contributed by atoms with E-state index in [0.717, 1.165) is 12.0 Å². The molecule has 0 aromatic heterocycles. The molecule has 0 saturated heterocycles. The van der Waals surface area contributed by atoms with Crippen LogP contribution >= 0.6 is 24.0 Å². The summed E-state index contributed by atoms with van der Waals surface area (Å²) in [5, 5.41) is 0.430.